The standard InChI is InChI=1S/C18H22O9/c1-26-17(24)18(25)8-13(21)16(23)14(9-18)27-15(22)4-2-3-10-5-6-11(19)12(20)7-10/h2,4-7,13-14,16,19-21,23,25H,3,8-9H2,1H3/b4-2+/t13-,14-,16+,18-/m1/s1. The first-order valence-corrected chi connectivity index (χ1v) is 8.21. The molecule has 0 radical (unpaired) electrons. The Morgan fingerprint density at radius 1 is 1.22 bits per heavy atom. The average molecular weight is 382 g/mol. The number of esters is 2. The number of ether oxygens (including phenoxy) is 2. The molecule has 0 bridgehead atoms. The van der Waals surface area contributed by atoms with E-state index in [4.69, 9.17) is 4.74 Å². The Bertz CT molecular complexity index is 730. The van der Waals surface area contributed by atoms with Crippen molar-refractivity contribution in [3.05, 3.63) is 35.9 Å². The lowest BCUT2D eigenvalue weighted by atomic mass is 9.79. The van der Waals surface area contributed by atoms with Gasteiger partial charge in [-0.15, -0.1) is 0 Å². The number of aliphatic hydroxyl groups excluding tert-OH is 2. The first-order valence-electron chi connectivity index (χ1n) is 8.21. The number of carbonyl (C=O) groups is 2. The minimum Gasteiger partial charge on any atom is -0.504 e. The SMILES string of the molecule is COC(=O)[C@@]1(O)C[C@@H](O)[C@H](O)[C@H](OC(=O)/C=C/Cc2ccc(O)c(O)c2)C1. The molecule has 1 aromatic rings. The lowest BCUT2D eigenvalue weighted by molar-refractivity contribution is -0.198. The summed E-state index contributed by atoms with van der Waals surface area (Å²) in [4.78, 5) is 23.6. The molecule has 148 valence electrons. The fourth-order valence-electron chi connectivity index (χ4n) is 2.90. The Kier molecular flexibility index (Phi) is 6.42. The van der Waals surface area contributed by atoms with Crippen LogP contribution in [0.4, 0.5) is 0 Å². The minimum absolute atomic E-state index is 0.255. The van der Waals surface area contributed by atoms with Crippen LogP contribution in [-0.2, 0) is 25.5 Å². The molecule has 27 heavy (non-hydrogen) atoms. The summed E-state index contributed by atoms with van der Waals surface area (Å²) < 4.78 is 9.54. The van der Waals surface area contributed by atoms with E-state index in [0.29, 0.717) is 5.56 Å². The number of allylic oxidation sites excluding steroid dienone is 1. The fraction of sp³-hybridized carbons (Fsp3) is 0.444. The number of aromatic hydroxyl groups is 2. The van der Waals surface area contributed by atoms with E-state index in [1.807, 2.05) is 0 Å². The summed E-state index contributed by atoms with van der Waals surface area (Å²) in [6.45, 7) is 0. The number of hydrogen-bond acceptors (Lipinski definition) is 9. The van der Waals surface area contributed by atoms with Crippen molar-refractivity contribution < 1.29 is 44.6 Å². The van der Waals surface area contributed by atoms with Crippen molar-refractivity contribution in [3.8, 4) is 11.5 Å². The van der Waals surface area contributed by atoms with Gasteiger partial charge in [-0.3, -0.25) is 0 Å². The van der Waals surface area contributed by atoms with Gasteiger partial charge in [0.1, 0.15) is 12.2 Å². The van der Waals surface area contributed by atoms with Crippen LogP contribution < -0.4 is 0 Å². The maximum Gasteiger partial charge on any atom is 0.338 e. The number of rotatable bonds is 5. The monoisotopic (exact) mass is 382 g/mol. The summed E-state index contributed by atoms with van der Waals surface area (Å²) in [5, 5.41) is 48.8. The second kappa shape index (κ2) is 8.38. The van der Waals surface area contributed by atoms with E-state index in [1.54, 1.807) is 6.07 Å². The highest BCUT2D eigenvalue weighted by Gasteiger charge is 2.50. The van der Waals surface area contributed by atoms with Crippen LogP contribution in [0, 0.1) is 0 Å². The second-order valence-corrected chi connectivity index (χ2v) is 6.39. The van der Waals surface area contributed by atoms with E-state index in [-0.39, 0.29) is 17.9 Å². The van der Waals surface area contributed by atoms with Gasteiger partial charge in [0, 0.05) is 18.9 Å². The zero-order valence-corrected chi connectivity index (χ0v) is 14.6. The zero-order valence-electron chi connectivity index (χ0n) is 14.6. The van der Waals surface area contributed by atoms with Gasteiger partial charge < -0.3 is 35.0 Å². The molecule has 9 nitrogen and oxygen atoms in total. The molecule has 2 rings (SSSR count). The Labute approximate surface area is 155 Å². The predicted octanol–water partition coefficient (Wildman–Crippen LogP) is -0.472. The van der Waals surface area contributed by atoms with Gasteiger partial charge in [-0.1, -0.05) is 12.1 Å². The van der Waals surface area contributed by atoms with Crippen molar-refractivity contribution in [2.45, 2.75) is 43.2 Å². The van der Waals surface area contributed by atoms with Crippen molar-refractivity contribution in [3.63, 3.8) is 0 Å². The molecule has 0 spiro atoms. The van der Waals surface area contributed by atoms with Gasteiger partial charge in [0.05, 0.1) is 13.2 Å². The number of carbonyl (C=O) groups excluding carboxylic acids is 2. The molecule has 0 saturated heterocycles. The summed E-state index contributed by atoms with van der Waals surface area (Å²) >= 11 is 0. The number of methoxy groups -OCH3 is 1. The van der Waals surface area contributed by atoms with Crippen LogP contribution in [0.3, 0.4) is 0 Å². The van der Waals surface area contributed by atoms with Crippen LogP contribution >= 0.6 is 0 Å². The molecule has 1 aromatic carbocycles. The lowest BCUT2D eigenvalue weighted by Gasteiger charge is -2.39. The quantitative estimate of drug-likeness (QED) is 0.258. The van der Waals surface area contributed by atoms with Gasteiger partial charge in [0.25, 0.3) is 0 Å². The molecule has 0 aliphatic heterocycles. The topological polar surface area (TPSA) is 154 Å². The van der Waals surface area contributed by atoms with Crippen LogP contribution in [0.2, 0.25) is 0 Å². The largest absolute Gasteiger partial charge is 0.504 e. The number of phenols is 2. The fourth-order valence-corrected chi connectivity index (χ4v) is 2.90. The summed E-state index contributed by atoms with van der Waals surface area (Å²) in [6.07, 6.45) is -2.30. The highest BCUT2D eigenvalue weighted by atomic mass is 16.6. The maximum atomic E-state index is 11.9. The van der Waals surface area contributed by atoms with E-state index in [9.17, 15) is 35.1 Å². The Balaban J connectivity index is 1.98. The highest BCUT2D eigenvalue weighted by molar-refractivity contribution is 5.82. The summed E-state index contributed by atoms with van der Waals surface area (Å²) in [5.74, 6) is -2.38. The third-order valence-electron chi connectivity index (χ3n) is 4.34. The summed E-state index contributed by atoms with van der Waals surface area (Å²) in [5.41, 5.74) is -1.44. The average Bonchev–Trinajstić information content (AvgIpc) is 2.61. The molecular formula is C18H22O9. The molecule has 1 fully saturated rings. The molecule has 5 N–H and O–H groups in total. The van der Waals surface area contributed by atoms with E-state index < -0.39 is 48.7 Å². The van der Waals surface area contributed by atoms with Gasteiger partial charge in [-0.2, -0.15) is 0 Å². The van der Waals surface area contributed by atoms with Gasteiger partial charge in [-0.05, 0) is 24.1 Å². The van der Waals surface area contributed by atoms with Crippen LogP contribution in [0.15, 0.2) is 30.4 Å². The zero-order chi connectivity index (χ0) is 20.2. The minimum atomic E-state index is -2.06. The van der Waals surface area contributed by atoms with Crippen molar-refractivity contribution in [2.75, 3.05) is 7.11 Å². The molecule has 1 aliphatic rings. The van der Waals surface area contributed by atoms with E-state index in [0.717, 1.165) is 13.2 Å². The normalized spacial score (nSPS) is 28.1. The van der Waals surface area contributed by atoms with E-state index in [1.165, 1.54) is 18.2 Å². The summed E-state index contributed by atoms with van der Waals surface area (Å²) in [7, 11) is 1.07. The highest BCUT2D eigenvalue weighted by Crippen LogP contribution is 2.32. The van der Waals surface area contributed by atoms with Crippen molar-refractivity contribution in [1.82, 2.24) is 0 Å². The van der Waals surface area contributed by atoms with Crippen LogP contribution in [0.1, 0.15) is 18.4 Å². The third-order valence-corrected chi connectivity index (χ3v) is 4.34. The smallest absolute Gasteiger partial charge is 0.338 e. The first-order chi connectivity index (χ1) is 12.7. The van der Waals surface area contributed by atoms with Crippen LogP contribution in [0.5, 0.6) is 11.5 Å². The molecule has 0 amide bonds. The Morgan fingerprint density at radius 2 is 1.93 bits per heavy atom. The predicted molar refractivity (Wildman–Crippen MR) is 90.7 cm³/mol. The first kappa shape index (κ1) is 20.7. The van der Waals surface area contributed by atoms with Crippen LogP contribution in [-0.4, -0.2) is 68.5 Å². The van der Waals surface area contributed by atoms with Gasteiger partial charge in [0.2, 0.25) is 0 Å². The number of aliphatic hydroxyl groups is 3. The Morgan fingerprint density at radius 3 is 2.56 bits per heavy atom. The lowest BCUT2D eigenvalue weighted by Crippen LogP contribution is -2.57. The van der Waals surface area contributed by atoms with Crippen molar-refractivity contribution in [1.29, 1.82) is 0 Å². The van der Waals surface area contributed by atoms with Crippen molar-refractivity contribution >= 4 is 11.9 Å². The van der Waals surface area contributed by atoms with Crippen molar-refractivity contribution in [2.24, 2.45) is 0 Å². The van der Waals surface area contributed by atoms with E-state index in [2.05, 4.69) is 4.74 Å². The molecule has 0 aromatic heterocycles. The number of hydrogen-bond donors (Lipinski definition) is 5. The number of benzene rings is 1. The Hall–Kier alpha value is -2.62. The molecule has 1 aliphatic carbocycles. The molecule has 0 heterocycles. The molecule has 1 saturated carbocycles. The van der Waals surface area contributed by atoms with Crippen LogP contribution in [0.25, 0.3) is 0 Å². The van der Waals surface area contributed by atoms with Gasteiger partial charge in [0.15, 0.2) is 17.1 Å². The molecule has 9 heteroatoms. The van der Waals surface area contributed by atoms with Gasteiger partial charge in [-0.25, -0.2) is 9.59 Å². The molecule has 4 atom stereocenters. The van der Waals surface area contributed by atoms with Gasteiger partial charge >= 0.3 is 11.9 Å². The number of phenolic OH excluding ortho intramolecular Hbond substituents is 2. The second-order valence-electron chi connectivity index (χ2n) is 6.39. The maximum absolute atomic E-state index is 11.9. The third kappa shape index (κ3) is 4.97. The molecule has 0 unspecified atom stereocenters. The van der Waals surface area contributed by atoms with E-state index >= 15 is 0 Å². The molecular weight excluding hydrogens is 360 g/mol. The summed E-state index contributed by atoms with van der Waals surface area (Å²) in [6, 6.07) is 4.20.